The summed E-state index contributed by atoms with van der Waals surface area (Å²) in [7, 11) is -3.60. The van der Waals surface area contributed by atoms with E-state index < -0.39 is 15.9 Å². The van der Waals surface area contributed by atoms with Crippen molar-refractivity contribution in [3.05, 3.63) is 72.1 Å². The van der Waals surface area contributed by atoms with Crippen LogP contribution >= 0.6 is 0 Å². The normalized spacial score (nSPS) is 13.4. The lowest BCUT2D eigenvalue weighted by atomic mass is 10.1. The maximum Gasteiger partial charge on any atom is 0.264 e. The lowest BCUT2D eigenvalue weighted by Crippen LogP contribution is -2.29. The number of nitrogens with zero attached hydrogens (tertiary/aromatic N) is 2. The van der Waals surface area contributed by atoms with E-state index >= 15 is 0 Å². The Hall–Kier alpha value is -3.46. The maximum absolute atomic E-state index is 11.9. The fourth-order valence-electron chi connectivity index (χ4n) is 2.94. The van der Waals surface area contributed by atoms with Gasteiger partial charge in [0.15, 0.2) is 0 Å². The van der Waals surface area contributed by atoms with Crippen LogP contribution in [0.2, 0.25) is 0 Å². The second-order valence-electron chi connectivity index (χ2n) is 7.71. The zero-order valence-corrected chi connectivity index (χ0v) is 18.3. The van der Waals surface area contributed by atoms with Crippen LogP contribution in [-0.4, -0.2) is 37.2 Å². The van der Waals surface area contributed by atoms with Gasteiger partial charge < -0.3 is 9.47 Å². The van der Waals surface area contributed by atoms with Gasteiger partial charge in [-0.05, 0) is 48.6 Å². The van der Waals surface area contributed by atoms with Crippen molar-refractivity contribution in [2.75, 3.05) is 12.9 Å². The first-order chi connectivity index (χ1) is 15.4. The third-order valence-electron chi connectivity index (χ3n) is 4.81. The summed E-state index contributed by atoms with van der Waals surface area (Å²) in [5.74, 6) is 1.14. The Labute approximate surface area is 186 Å². The van der Waals surface area contributed by atoms with Crippen molar-refractivity contribution in [2.45, 2.75) is 19.4 Å². The number of carbonyl (C=O) groups excluding carboxylic acids is 1. The average molecular weight is 454 g/mol. The molecule has 0 aliphatic heterocycles. The van der Waals surface area contributed by atoms with Gasteiger partial charge in [-0.1, -0.05) is 24.3 Å². The Morgan fingerprint density at radius 1 is 1.09 bits per heavy atom. The summed E-state index contributed by atoms with van der Waals surface area (Å²) >= 11 is 0. The quantitative estimate of drug-likeness (QED) is 0.530. The topological polar surface area (TPSA) is 107 Å². The number of nitrogens with one attached hydrogen (secondary N) is 1. The number of hydrogen-bond acceptors (Lipinski definition) is 7. The minimum Gasteiger partial charge on any atom is -0.489 e. The molecule has 1 aliphatic rings. The summed E-state index contributed by atoms with van der Waals surface area (Å²) in [5, 5.41) is 0. The van der Waals surface area contributed by atoms with E-state index in [4.69, 9.17) is 9.47 Å². The molecule has 4 rings (SSSR count). The molecule has 1 fully saturated rings. The Kier molecular flexibility index (Phi) is 6.36. The van der Waals surface area contributed by atoms with E-state index in [9.17, 15) is 13.2 Å². The monoisotopic (exact) mass is 453 g/mol. The van der Waals surface area contributed by atoms with Gasteiger partial charge in [0.1, 0.15) is 12.4 Å². The molecule has 0 spiro atoms. The molecule has 166 valence electrons. The molecule has 0 unspecified atom stereocenters. The highest BCUT2D eigenvalue weighted by Crippen LogP contribution is 2.29. The van der Waals surface area contributed by atoms with E-state index in [1.807, 2.05) is 29.0 Å². The standard InChI is InChI=1S/C23H23N3O5S/c1-32(28,29)26-23(27)18-9-7-17(8-10-18)14-30-20-4-2-3-19(11-20)21-12-24-13-22(25-21)31-15-16-5-6-16/h2-4,7-13,16H,5-6,14-15H2,1H3,(H,26,27). The third-order valence-corrected chi connectivity index (χ3v) is 5.36. The largest absolute Gasteiger partial charge is 0.489 e. The summed E-state index contributed by atoms with van der Waals surface area (Å²) in [6, 6.07) is 14.1. The third kappa shape index (κ3) is 6.27. The summed E-state index contributed by atoms with van der Waals surface area (Å²) < 4.78 is 35.9. The van der Waals surface area contributed by atoms with Crippen LogP contribution in [0, 0.1) is 5.92 Å². The summed E-state index contributed by atoms with van der Waals surface area (Å²) in [4.78, 5) is 20.6. The van der Waals surface area contributed by atoms with E-state index in [1.165, 1.54) is 12.8 Å². The molecular weight excluding hydrogens is 430 g/mol. The van der Waals surface area contributed by atoms with E-state index in [0.717, 1.165) is 17.4 Å². The van der Waals surface area contributed by atoms with Crippen LogP contribution in [0.5, 0.6) is 11.6 Å². The van der Waals surface area contributed by atoms with Gasteiger partial charge in [0.25, 0.3) is 5.91 Å². The van der Waals surface area contributed by atoms with Gasteiger partial charge in [0.2, 0.25) is 15.9 Å². The molecule has 1 saturated carbocycles. The number of amides is 1. The van der Waals surface area contributed by atoms with Crippen LogP contribution < -0.4 is 14.2 Å². The zero-order chi connectivity index (χ0) is 22.6. The second-order valence-corrected chi connectivity index (χ2v) is 9.46. The highest BCUT2D eigenvalue weighted by molar-refractivity contribution is 7.89. The van der Waals surface area contributed by atoms with E-state index in [1.54, 1.807) is 36.7 Å². The Balaban J connectivity index is 1.38. The van der Waals surface area contributed by atoms with Gasteiger partial charge in [0, 0.05) is 11.1 Å². The van der Waals surface area contributed by atoms with Gasteiger partial charge >= 0.3 is 0 Å². The molecular formula is C23H23N3O5S. The number of sulfonamides is 1. The molecule has 8 nitrogen and oxygen atoms in total. The molecule has 2 aromatic carbocycles. The minimum absolute atomic E-state index is 0.253. The summed E-state index contributed by atoms with van der Waals surface area (Å²) in [6.45, 7) is 0.962. The van der Waals surface area contributed by atoms with Crippen LogP contribution in [0.15, 0.2) is 60.9 Å². The molecule has 1 N–H and O–H groups in total. The molecule has 0 radical (unpaired) electrons. The fourth-order valence-corrected chi connectivity index (χ4v) is 3.39. The van der Waals surface area contributed by atoms with Crippen molar-refractivity contribution in [3.63, 3.8) is 0 Å². The van der Waals surface area contributed by atoms with Crippen LogP contribution in [0.3, 0.4) is 0 Å². The van der Waals surface area contributed by atoms with Gasteiger partial charge in [-0.25, -0.2) is 18.1 Å². The Bertz CT molecular complexity index is 1210. The first-order valence-corrected chi connectivity index (χ1v) is 12.0. The molecule has 0 atom stereocenters. The maximum atomic E-state index is 11.9. The molecule has 1 aromatic heterocycles. The highest BCUT2D eigenvalue weighted by Gasteiger charge is 2.22. The van der Waals surface area contributed by atoms with Crippen molar-refractivity contribution in [2.24, 2.45) is 5.92 Å². The van der Waals surface area contributed by atoms with E-state index in [0.29, 0.717) is 29.8 Å². The van der Waals surface area contributed by atoms with Crippen molar-refractivity contribution in [1.29, 1.82) is 0 Å². The van der Waals surface area contributed by atoms with Crippen LogP contribution in [0.4, 0.5) is 0 Å². The van der Waals surface area contributed by atoms with Crippen molar-refractivity contribution >= 4 is 15.9 Å². The Morgan fingerprint density at radius 2 is 1.88 bits per heavy atom. The number of aromatic nitrogens is 2. The lowest BCUT2D eigenvalue weighted by Gasteiger charge is -2.10. The molecule has 0 bridgehead atoms. The lowest BCUT2D eigenvalue weighted by molar-refractivity contribution is 0.0981. The molecule has 9 heteroatoms. The number of hydrogen-bond donors (Lipinski definition) is 1. The Morgan fingerprint density at radius 3 is 2.59 bits per heavy atom. The van der Waals surface area contributed by atoms with E-state index in [-0.39, 0.29) is 12.2 Å². The smallest absolute Gasteiger partial charge is 0.264 e. The minimum atomic E-state index is -3.60. The van der Waals surface area contributed by atoms with Gasteiger partial charge in [-0.15, -0.1) is 0 Å². The molecule has 1 aliphatic carbocycles. The number of ether oxygens (including phenoxy) is 2. The first-order valence-electron chi connectivity index (χ1n) is 10.1. The predicted octanol–water partition coefficient (Wildman–Crippen LogP) is 3.20. The van der Waals surface area contributed by atoms with Gasteiger partial charge in [-0.2, -0.15) is 0 Å². The second kappa shape index (κ2) is 9.35. The van der Waals surface area contributed by atoms with Gasteiger partial charge in [0.05, 0.1) is 31.0 Å². The molecule has 1 heterocycles. The van der Waals surface area contributed by atoms with Crippen molar-refractivity contribution in [1.82, 2.24) is 14.7 Å². The SMILES string of the molecule is CS(=O)(=O)NC(=O)c1ccc(COc2cccc(-c3cncc(OCC4CC4)n3)c2)cc1. The van der Waals surface area contributed by atoms with E-state index in [2.05, 4.69) is 9.97 Å². The molecule has 0 saturated heterocycles. The van der Waals surface area contributed by atoms with Crippen molar-refractivity contribution in [3.8, 4) is 22.9 Å². The van der Waals surface area contributed by atoms with Gasteiger partial charge in [-0.3, -0.25) is 9.78 Å². The number of benzene rings is 2. The average Bonchev–Trinajstić information content (AvgIpc) is 3.60. The van der Waals surface area contributed by atoms with Crippen molar-refractivity contribution < 1.29 is 22.7 Å². The molecule has 32 heavy (non-hydrogen) atoms. The zero-order valence-electron chi connectivity index (χ0n) is 17.5. The molecule has 1 amide bonds. The van der Waals surface area contributed by atoms with Crippen LogP contribution in [0.25, 0.3) is 11.3 Å². The highest BCUT2D eigenvalue weighted by atomic mass is 32.2. The van der Waals surface area contributed by atoms with Crippen LogP contribution in [0.1, 0.15) is 28.8 Å². The predicted molar refractivity (Wildman–Crippen MR) is 119 cm³/mol. The fraction of sp³-hybridized carbons (Fsp3) is 0.261. The number of carbonyl (C=O) groups is 1. The number of rotatable bonds is 9. The summed E-state index contributed by atoms with van der Waals surface area (Å²) in [6.07, 6.45) is 6.66. The molecule has 3 aromatic rings. The summed E-state index contributed by atoms with van der Waals surface area (Å²) in [5.41, 5.74) is 2.65. The van der Waals surface area contributed by atoms with Crippen LogP contribution in [-0.2, 0) is 16.6 Å². The first kappa shape index (κ1) is 21.8.